The van der Waals surface area contributed by atoms with Gasteiger partial charge in [-0.1, -0.05) is 0 Å². The summed E-state index contributed by atoms with van der Waals surface area (Å²) in [7, 11) is 1.60. The number of methoxy groups -OCH3 is 1. The standard InChI is InChI=1S/C13H16BrNO3/c1-17-13(2-4-18-5-3-13)12(16)7-10-6-11(14)9-15-8-10/h6,8-9H,2-5,7H2,1H3. The number of pyridine rings is 1. The molecule has 0 spiro atoms. The zero-order chi connectivity index (χ0) is 13.0. The van der Waals surface area contributed by atoms with Gasteiger partial charge in [-0.25, -0.2) is 0 Å². The van der Waals surface area contributed by atoms with Crippen molar-refractivity contribution in [2.45, 2.75) is 24.9 Å². The van der Waals surface area contributed by atoms with Crippen LogP contribution in [0.15, 0.2) is 22.9 Å². The Hall–Kier alpha value is -0.780. The van der Waals surface area contributed by atoms with Crippen molar-refractivity contribution in [1.29, 1.82) is 0 Å². The van der Waals surface area contributed by atoms with Gasteiger partial charge in [-0.15, -0.1) is 0 Å². The molecule has 1 saturated heterocycles. The highest BCUT2D eigenvalue weighted by Crippen LogP contribution is 2.27. The van der Waals surface area contributed by atoms with Crippen molar-refractivity contribution >= 4 is 21.7 Å². The summed E-state index contributed by atoms with van der Waals surface area (Å²) < 4.78 is 11.7. The second-order valence-corrected chi connectivity index (χ2v) is 5.34. The van der Waals surface area contributed by atoms with E-state index in [-0.39, 0.29) is 5.78 Å². The Labute approximate surface area is 115 Å². The highest BCUT2D eigenvalue weighted by Gasteiger charge is 2.39. The summed E-state index contributed by atoms with van der Waals surface area (Å²) in [6, 6.07) is 1.91. The lowest BCUT2D eigenvalue weighted by molar-refractivity contribution is -0.151. The molecule has 18 heavy (non-hydrogen) atoms. The number of rotatable bonds is 4. The molecule has 0 aromatic carbocycles. The van der Waals surface area contributed by atoms with Gasteiger partial charge in [0.15, 0.2) is 5.78 Å². The van der Waals surface area contributed by atoms with E-state index in [4.69, 9.17) is 9.47 Å². The van der Waals surface area contributed by atoms with Crippen molar-refractivity contribution in [2.75, 3.05) is 20.3 Å². The summed E-state index contributed by atoms with van der Waals surface area (Å²) in [4.78, 5) is 16.5. The van der Waals surface area contributed by atoms with Gasteiger partial charge in [0.25, 0.3) is 0 Å². The first kappa shape index (κ1) is 13.6. The fourth-order valence-corrected chi connectivity index (χ4v) is 2.61. The lowest BCUT2D eigenvalue weighted by Gasteiger charge is -2.34. The van der Waals surface area contributed by atoms with Crippen LogP contribution in [0.3, 0.4) is 0 Å². The molecule has 0 saturated carbocycles. The van der Waals surface area contributed by atoms with Crippen molar-refractivity contribution in [3.63, 3.8) is 0 Å². The Bertz CT molecular complexity index is 430. The number of hydrogen-bond donors (Lipinski definition) is 0. The molecule has 0 unspecified atom stereocenters. The van der Waals surface area contributed by atoms with Crippen molar-refractivity contribution in [3.05, 3.63) is 28.5 Å². The molecule has 1 aromatic heterocycles. The van der Waals surface area contributed by atoms with Gasteiger partial charge < -0.3 is 9.47 Å². The van der Waals surface area contributed by atoms with Crippen molar-refractivity contribution < 1.29 is 14.3 Å². The molecule has 1 aromatic rings. The maximum atomic E-state index is 12.4. The second kappa shape index (κ2) is 5.91. The minimum absolute atomic E-state index is 0.105. The third-order valence-corrected chi connectivity index (χ3v) is 3.76. The summed E-state index contributed by atoms with van der Waals surface area (Å²) in [6.45, 7) is 1.16. The van der Waals surface area contributed by atoms with E-state index in [0.29, 0.717) is 32.5 Å². The van der Waals surface area contributed by atoms with E-state index in [0.717, 1.165) is 10.0 Å². The smallest absolute Gasteiger partial charge is 0.169 e. The molecule has 0 atom stereocenters. The van der Waals surface area contributed by atoms with Crippen LogP contribution in [-0.4, -0.2) is 36.7 Å². The van der Waals surface area contributed by atoms with Crippen LogP contribution in [0.4, 0.5) is 0 Å². The number of hydrogen-bond acceptors (Lipinski definition) is 4. The summed E-state index contributed by atoms with van der Waals surface area (Å²) in [5, 5.41) is 0. The second-order valence-electron chi connectivity index (χ2n) is 4.42. The number of ether oxygens (including phenoxy) is 2. The number of ketones is 1. The molecule has 0 N–H and O–H groups in total. The fourth-order valence-electron chi connectivity index (χ4n) is 2.20. The molecule has 5 heteroatoms. The van der Waals surface area contributed by atoms with Crippen LogP contribution in [0.25, 0.3) is 0 Å². The van der Waals surface area contributed by atoms with Gasteiger partial charge >= 0.3 is 0 Å². The molecular formula is C13H16BrNO3. The van der Waals surface area contributed by atoms with Gasteiger partial charge in [0.1, 0.15) is 5.60 Å². The Morgan fingerprint density at radius 2 is 2.22 bits per heavy atom. The number of aromatic nitrogens is 1. The number of nitrogens with zero attached hydrogens (tertiary/aromatic N) is 1. The SMILES string of the molecule is COC1(C(=O)Cc2cncc(Br)c2)CCOCC1. The summed E-state index contributed by atoms with van der Waals surface area (Å²) >= 11 is 3.35. The van der Waals surface area contributed by atoms with Crippen LogP contribution in [0, 0.1) is 0 Å². The van der Waals surface area contributed by atoms with Gasteiger partial charge in [0.2, 0.25) is 0 Å². The molecule has 0 bridgehead atoms. The third-order valence-electron chi connectivity index (χ3n) is 3.33. The fraction of sp³-hybridized carbons (Fsp3) is 0.538. The Morgan fingerprint density at radius 1 is 1.50 bits per heavy atom. The summed E-state index contributed by atoms with van der Waals surface area (Å²) in [6.07, 6.45) is 5.02. The normalized spacial score (nSPS) is 18.6. The predicted molar refractivity (Wildman–Crippen MR) is 70.4 cm³/mol. The average molecular weight is 314 g/mol. The summed E-state index contributed by atoms with van der Waals surface area (Å²) in [5.74, 6) is 0.105. The quantitative estimate of drug-likeness (QED) is 0.854. The predicted octanol–water partition coefficient (Wildman–Crippen LogP) is 2.15. The van der Waals surface area contributed by atoms with Crippen molar-refractivity contribution in [3.8, 4) is 0 Å². The van der Waals surface area contributed by atoms with Crippen LogP contribution in [0.5, 0.6) is 0 Å². The molecule has 1 aliphatic rings. The van der Waals surface area contributed by atoms with Crippen LogP contribution in [-0.2, 0) is 20.7 Å². The lowest BCUT2D eigenvalue weighted by Crippen LogP contribution is -2.46. The zero-order valence-corrected chi connectivity index (χ0v) is 11.9. The van der Waals surface area contributed by atoms with E-state index in [1.807, 2.05) is 6.07 Å². The maximum absolute atomic E-state index is 12.4. The van der Waals surface area contributed by atoms with Gasteiger partial charge in [0.05, 0.1) is 0 Å². The van der Waals surface area contributed by atoms with Gasteiger partial charge in [-0.3, -0.25) is 9.78 Å². The molecule has 2 heterocycles. The number of carbonyl (C=O) groups excluding carboxylic acids is 1. The Balaban J connectivity index is 2.10. The molecule has 0 radical (unpaired) electrons. The van der Waals surface area contributed by atoms with Gasteiger partial charge in [-0.2, -0.15) is 0 Å². The molecule has 98 valence electrons. The molecule has 1 aliphatic heterocycles. The van der Waals surface area contributed by atoms with E-state index in [1.165, 1.54) is 0 Å². The van der Waals surface area contributed by atoms with Gasteiger partial charge in [-0.05, 0) is 27.6 Å². The third kappa shape index (κ3) is 2.96. The number of halogens is 1. The highest BCUT2D eigenvalue weighted by atomic mass is 79.9. The average Bonchev–Trinajstić information content (AvgIpc) is 2.39. The van der Waals surface area contributed by atoms with E-state index in [1.54, 1.807) is 19.5 Å². The van der Waals surface area contributed by atoms with E-state index in [2.05, 4.69) is 20.9 Å². The minimum Gasteiger partial charge on any atom is -0.381 e. The largest absolute Gasteiger partial charge is 0.381 e. The van der Waals surface area contributed by atoms with Crippen LogP contribution in [0.1, 0.15) is 18.4 Å². The Morgan fingerprint density at radius 3 is 2.83 bits per heavy atom. The summed E-state index contributed by atoms with van der Waals surface area (Å²) in [5.41, 5.74) is 0.220. The molecule has 1 fully saturated rings. The molecular weight excluding hydrogens is 298 g/mol. The zero-order valence-electron chi connectivity index (χ0n) is 10.3. The van der Waals surface area contributed by atoms with Crippen LogP contribution in [0.2, 0.25) is 0 Å². The number of carbonyl (C=O) groups is 1. The number of Topliss-reactive ketones (excluding diaryl/α,β-unsaturated/α-hetero) is 1. The van der Waals surface area contributed by atoms with E-state index in [9.17, 15) is 4.79 Å². The van der Waals surface area contributed by atoms with Crippen LogP contribution < -0.4 is 0 Å². The molecule has 0 aliphatic carbocycles. The lowest BCUT2D eigenvalue weighted by atomic mass is 9.86. The van der Waals surface area contributed by atoms with Crippen LogP contribution >= 0.6 is 15.9 Å². The van der Waals surface area contributed by atoms with E-state index < -0.39 is 5.60 Å². The first-order valence-corrected chi connectivity index (χ1v) is 6.71. The van der Waals surface area contributed by atoms with Crippen molar-refractivity contribution in [1.82, 2.24) is 4.98 Å². The first-order valence-electron chi connectivity index (χ1n) is 5.92. The molecule has 0 amide bonds. The highest BCUT2D eigenvalue weighted by molar-refractivity contribution is 9.10. The Kier molecular flexibility index (Phi) is 4.48. The van der Waals surface area contributed by atoms with Crippen molar-refractivity contribution in [2.24, 2.45) is 0 Å². The monoisotopic (exact) mass is 313 g/mol. The minimum atomic E-state index is -0.680. The molecule has 4 nitrogen and oxygen atoms in total. The topological polar surface area (TPSA) is 48.4 Å². The van der Waals surface area contributed by atoms with E-state index >= 15 is 0 Å². The maximum Gasteiger partial charge on any atom is 0.169 e. The molecule has 2 rings (SSSR count). The van der Waals surface area contributed by atoms with Gasteiger partial charge in [0, 0.05) is 56.5 Å². The first-order chi connectivity index (χ1) is 8.66.